The Labute approximate surface area is 119 Å². The highest BCUT2D eigenvalue weighted by atomic mass is 16.4. The van der Waals surface area contributed by atoms with E-state index in [0.717, 1.165) is 44.9 Å². The van der Waals surface area contributed by atoms with Gasteiger partial charge in [-0.1, -0.05) is 19.3 Å². The van der Waals surface area contributed by atoms with Gasteiger partial charge in [-0.3, -0.25) is 4.79 Å². The molecule has 6 heteroatoms. The van der Waals surface area contributed by atoms with Gasteiger partial charge in [0.25, 0.3) is 0 Å². The molecule has 0 bridgehead atoms. The van der Waals surface area contributed by atoms with Crippen LogP contribution in [0.1, 0.15) is 51.4 Å². The third-order valence-corrected chi connectivity index (χ3v) is 4.70. The summed E-state index contributed by atoms with van der Waals surface area (Å²) in [6, 6.07) is -0.143. The van der Waals surface area contributed by atoms with Crippen LogP contribution in [0.2, 0.25) is 0 Å². The Hall–Kier alpha value is -1.30. The van der Waals surface area contributed by atoms with Gasteiger partial charge in [-0.25, -0.2) is 4.79 Å². The van der Waals surface area contributed by atoms with Gasteiger partial charge >= 0.3 is 12.0 Å². The highest BCUT2D eigenvalue weighted by Gasteiger charge is 2.39. The van der Waals surface area contributed by atoms with Crippen LogP contribution in [-0.4, -0.2) is 35.7 Å². The summed E-state index contributed by atoms with van der Waals surface area (Å²) in [5, 5.41) is 14.7. The number of urea groups is 1. The number of carbonyl (C=O) groups is 2. The second-order valence-electron chi connectivity index (χ2n) is 6.31. The Morgan fingerprint density at radius 3 is 2.45 bits per heavy atom. The normalized spacial score (nSPS) is 28.2. The van der Waals surface area contributed by atoms with E-state index in [0.29, 0.717) is 6.54 Å². The zero-order chi connectivity index (χ0) is 14.6. The van der Waals surface area contributed by atoms with E-state index >= 15 is 0 Å². The second-order valence-corrected chi connectivity index (χ2v) is 6.31. The van der Waals surface area contributed by atoms with Crippen molar-refractivity contribution in [3.63, 3.8) is 0 Å². The van der Waals surface area contributed by atoms with E-state index in [1.165, 1.54) is 0 Å². The second kappa shape index (κ2) is 6.43. The van der Waals surface area contributed by atoms with E-state index in [9.17, 15) is 9.59 Å². The van der Waals surface area contributed by atoms with Crippen molar-refractivity contribution < 1.29 is 14.7 Å². The number of amides is 2. The van der Waals surface area contributed by atoms with Gasteiger partial charge < -0.3 is 21.5 Å². The topological polar surface area (TPSA) is 104 Å². The van der Waals surface area contributed by atoms with Crippen LogP contribution in [0.25, 0.3) is 0 Å². The predicted octanol–water partition coefficient (Wildman–Crippen LogP) is 1.20. The molecular formula is C14H25N3O3. The Kier molecular flexibility index (Phi) is 4.86. The lowest BCUT2D eigenvalue weighted by Gasteiger charge is -2.41. The molecule has 5 N–H and O–H groups in total. The predicted molar refractivity (Wildman–Crippen MR) is 75.3 cm³/mol. The number of aliphatic carboxylic acids is 1. The Morgan fingerprint density at radius 1 is 1.20 bits per heavy atom. The molecule has 0 heterocycles. The van der Waals surface area contributed by atoms with Gasteiger partial charge in [0, 0.05) is 18.6 Å². The van der Waals surface area contributed by atoms with Crippen LogP contribution in [0.15, 0.2) is 0 Å². The summed E-state index contributed by atoms with van der Waals surface area (Å²) in [5.41, 5.74) is 5.75. The van der Waals surface area contributed by atoms with E-state index in [2.05, 4.69) is 10.6 Å². The summed E-state index contributed by atoms with van der Waals surface area (Å²) in [6.07, 6.45) is 7.04. The van der Waals surface area contributed by atoms with Crippen LogP contribution in [-0.2, 0) is 4.79 Å². The van der Waals surface area contributed by atoms with E-state index in [1.54, 1.807) is 0 Å². The van der Waals surface area contributed by atoms with Crippen molar-refractivity contribution in [3.8, 4) is 0 Å². The minimum atomic E-state index is -0.791. The largest absolute Gasteiger partial charge is 0.481 e. The van der Waals surface area contributed by atoms with Gasteiger partial charge in [-0.2, -0.15) is 0 Å². The fraction of sp³-hybridized carbons (Fsp3) is 0.857. The van der Waals surface area contributed by atoms with Crippen molar-refractivity contribution in [1.29, 1.82) is 0 Å². The van der Waals surface area contributed by atoms with Gasteiger partial charge in [0.05, 0.1) is 6.42 Å². The number of hydrogen-bond donors (Lipinski definition) is 4. The Balaban J connectivity index is 1.75. The molecule has 2 saturated carbocycles. The highest BCUT2D eigenvalue weighted by molar-refractivity contribution is 5.74. The summed E-state index contributed by atoms with van der Waals surface area (Å²) >= 11 is 0. The SMILES string of the molecule is NC1CCCCC1NC(=O)NCC1(CC(=O)O)CCC1. The lowest BCUT2D eigenvalue weighted by Crippen LogP contribution is -2.54. The van der Waals surface area contributed by atoms with Crippen LogP contribution in [0.4, 0.5) is 4.79 Å². The molecule has 2 rings (SSSR count). The molecule has 2 atom stereocenters. The number of rotatable bonds is 5. The quantitative estimate of drug-likeness (QED) is 0.608. The van der Waals surface area contributed by atoms with E-state index in [4.69, 9.17) is 10.8 Å². The molecule has 0 saturated heterocycles. The van der Waals surface area contributed by atoms with E-state index < -0.39 is 5.97 Å². The average molecular weight is 283 g/mol. The van der Waals surface area contributed by atoms with Crippen molar-refractivity contribution in [2.75, 3.05) is 6.54 Å². The molecule has 6 nitrogen and oxygen atoms in total. The van der Waals surface area contributed by atoms with Crippen molar-refractivity contribution >= 4 is 12.0 Å². The zero-order valence-corrected chi connectivity index (χ0v) is 11.9. The fourth-order valence-electron chi connectivity index (χ4n) is 3.24. The number of nitrogens with two attached hydrogens (primary N) is 1. The summed E-state index contributed by atoms with van der Waals surface area (Å²) in [7, 11) is 0. The first-order valence-corrected chi connectivity index (χ1v) is 7.53. The van der Waals surface area contributed by atoms with Gasteiger partial charge in [-0.05, 0) is 31.1 Å². The molecule has 2 aliphatic carbocycles. The molecule has 20 heavy (non-hydrogen) atoms. The standard InChI is InChI=1S/C14H25N3O3/c15-10-4-1-2-5-11(10)17-13(20)16-9-14(6-3-7-14)8-12(18)19/h10-11H,1-9,15H2,(H,18,19)(H2,16,17,20). The summed E-state index contributed by atoms with van der Waals surface area (Å²) < 4.78 is 0. The lowest BCUT2D eigenvalue weighted by atomic mass is 9.66. The van der Waals surface area contributed by atoms with Crippen molar-refractivity contribution in [1.82, 2.24) is 10.6 Å². The molecule has 0 aromatic heterocycles. The van der Waals surface area contributed by atoms with E-state index in [-0.39, 0.29) is 30.0 Å². The number of hydrogen-bond acceptors (Lipinski definition) is 3. The molecule has 0 spiro atoms. The van der Waals surface area contributed by atoms with Crippen molar-refractivity contribution in [2.24, 2.45) is 11.1 Å². The minimum absolute atomic E-state index is 0.0335. The third kappa shape index (κ3) is 3.85. The fourth-order valence-corrected chi connectivity index (χ4v) is 3.24. The van der Waals surface area contributed by atoms with Gasteiger partial charge in [0.15, 0.2) is 0 Å². The molecule has 2 fully saturated rings. The van der Waals surface area contributed by atoms with Gasteiger partial charge in [0.1, 0.15) is 0 Å². The van der Waals surface area contributed by atoms with Crippen LogP contribution >= 0.6 is 0 Å². The maximum atomic E-state index is 11.9. The van der Waals surface area contributed by atoms with Crippen LogP contribution in [0.5, 0.6) is 0 Å². The molecule has 114 valence electrons. The van der Waals surface area contributed by atoms with E-state index in [1.807, 2.05) is 0 Å². The molecule has 2 unspecified atom stereocenters. The molecule has 0 radical (unpaired) electrons. The Bertz CT molecular complexity index is 369. The van der Waals surface area contributed by atoms with Crippen LogP contribution in [0, 0.1) is 5.41 Å². The first kappa shape index (κ1) is 15.1. The molecular weight excluding hydrogens is 258 g/mol. The minimum Gasteiger partial charge on any atom is -0.481 e. The van der Waals surface area contributed by atoms with Crippen LogP contribution < -0.4 is 16.4 Å². The lowest BCUT2D eigenvalue weighted by molar-refractivity contribution is -0.141. The van der Waals surface area contributed by atoms with Crippen molar-refractivity contribution in [3.05, 3.63) is 0 Å². The third-order valence-electron chi connectivity index (χ3n) is 4.70. The zero-order valence-electron chi connectivity index (χ0n) is 11.9. The Morgan fingerprint density at radius 2 is 1.90 bits per heavy atom. The first-order chi connectivity index (χ1) is 9.51. The first-order valence-electron chi connectivity index (χ1n) is 7.53. The highest BCUT2D eigenvalue weighted by Crippen LogP contribution is 2.43. The maximum Gasteiger partial charge on any atom is 0.315 e. The van der Waals surface area contributed by atoms with Crippen LogP contribution in [0.3, 0.4) is 0 Å². The summed E-state index contributed by atoms with van der Waals surface area (Å²) in [5.74, 6) is -0.791. The molecule has 0 aromatic rings. The molecule has 2 amide bonds. The summed E-state index contributed by atoms with van der Waals surface area (Å²) in [6.45, 7) is 0.438. The number of carboxylic acids is 1. The number of carbonyl (C=O) groups excluding carboxylic acids is 1. The number of carboxylic acid groups (broad SMARTS) is 1. The maximum absolute atomic E-state index is 11.9. The monoisotopic (exact) mass is 283 g/mol. The van der Waals surface area contributed by atoms with Gasteiger partial charge in [0.2, 0.25) is 0 Å². The molecule has 0 aliphatic heterocycles. The molecule has 0 aromatic carbocycles. The molecule has 2 aliphatic rings. The summed E-state index contributed by atoms with van der Waals surface area (Å²) in [4.78, 5) is 22.8. The smallest absolute Gasteiger partial charge is 0.315 e. The average Bonchev–Trinajstić information content (AvgIpc) is 2.35. The number of nitrogens with one attached hydrogen (secondary N) is 2. The van der Waals surface area contributed by atoms with Gasteiger partial charge in [-0.15, -0.1) is 0 Å². The van der Waals surface area contributed by atoms with Crippen molar-refractivity contribution in [2.45, 2.75) is 63.5 Å².